The molecule has 3 heterocycles. The van der Waals surface area contributed by atoms with Gasteiger partial charge >= 0.3 is 0 Å². The third-order valence-corrected chi connectivity index (χ3v) is 3.23. The Balaban J connectivity index is 2.02. The van der Waals surface area contributed by atoms with Gasteiger partial charge in [-0.15, -0.1) is 0 Å². The van der Waals surface area contributed by atoms with Gasteiger partial charge in [-0.1, -0.05) is 6.92 Å². The van der Waals surface area contributed by atoms with E-state index in [0.717, 1.165) is 36.1 Å². The summed E-state index contributed by atoms with van der Waals surface area (Å²) in [6.07, 6.45) is 6.96. The fraction of sp³-hybridized carbons (Fsp3) is 0.286. The van der Waals surface area contributed by atoms with Gasteiger partial charge in [0.1, 0.15) is 17.8 Å². The lowest BCUT2D eigenvalue weighted by Crippen LogP contribution is -2.09. The van der Waals surface area contributed by atoms with Gasteiger partial charge in [-0.05, 0) is 18.6 Å². The van der Waals surface area contributed by atoms with Crippen LogP contribution in [0, 0.1) is 0 Å². The molecule has 3 aromatic rings. The van der Waals surface area contributed by atoms with Crippen LogP contribution in [-0.4, -0.2) is 30.6 Å². The second-order valence-electron chi connectivity index (χ2n) is 4.60. The molecule has 0 unspecified atom stereocenters. The van der Waals surface area contributed by atoms with Crippen LogP contribution in [0.25, 0.3) is 11.0 Å². The largest absolute Gasteiger partial charge is 0.324 e. The molecule has 0 atom stereocenters. The molecule has 102 valence electrons. The average molecular weight is 269 g/mol. The van der Waals surface area contributed by atoms with Crippen molar-refractivity contribution in [3.63, 3.8) is 0 Å². The number of aromatic nitrogens is 5. The van der Waals surface area contributed by atoms with Crippen molar-refractivity contribution in [3.05, 3.63) is 42.2 Å². The quantitative estimate of drug-likeness (QED) is 0.663. The van der Waals surface area contributed by atoms with Crippen molar-refractivity contribution < 1.29 is 4.79 Å². The second-order valence-corrected chi connectivity index (χ2v) is 4.60. The molecule has 0 amide bonds. The van der Waals surface area contributed by atoms with Crippen molar-refractivity contribution in [1.29, 1.82) is 0 Å². The molecule has 0 N–H and O–H groups in total. The highest BCUT2D eigenvalue weighted by Crippen LogP contribution is 2.18. The fourth-order valence-corrected chi connectivity index (χ4v) is 2.33. The van der Waals surface area contributed by atoms with E-state index in [0.29, 0.717) is 12.1 Å². The van der Waals surface area contributed by atoms with Gasteiger partial charge in [0.15, 0.2) is 6.29 Å². The Morgan fingerprint density at radius 2 is 2.25 bits per heavy atom. The van der Waals surface area contributed by atoms with Crippen LogP contribution in [0.3, 0.4) is 0 Å². The molecule has 0 saturated carbocycles. The predicted octanol–water partition coefficient (Wildman–Crippen LogP) is 1.90. The Kier molecular flexibility index (Phi) is 3.28. The number of hydrogen-bond acceptors (Lipinski definition) is 4. The zero-order valence-corrected chi connectivity index (χ0v) is 11.2. The summed E-state index contributed by atoms with van der Waals surface area (Å²) in [4.78, 5) is 19.8. The summed E-state index contributed by atoms with van der Waals surface area (Å²) >= 11 is 0. The third kappa shape index (κ3) is 2.09. The SMILES string of the molecule is CCCn1ncnc1Cn1cc(C=O)c2cccnc21. The van der Waals surface area contributed by atoms with E-state index in [2.05, 4.69) is 22.0 Å². The molecule has 0 aromatic carbocycles. The van der Waals surface area contributed by atoms with Crippen LogP contribution in [0.4, 0.5) is 0 Å². The number of nitrogens with zero attached hydrogens (tertiary/aromatic N) is 5. The van der Waals surface area contributed by atoms with E-state index in [9.17, 15) is 4.79 Å². The molecule has 0 aliphatic heterocycles. The van der Waals surface area contributed by atoms with Crippen LogP contribution in [0.2, 0.25) is 0 Å². The van der Waals surface area contributed by atoms with Crippen LogP contribution in [-0.2, 0) is 13.1 Å². The van der Waals surface area contributed by atoms with Crippen LogP contribution in [0.1, 0.15) is 29.5 Å². The van der Waals surface area contributed by atoms with E-state index in [1.807, 2.05) is 27.6 Å². The van der Waals surface area contributed by atoms with Crippen molar-refractivity contribution in [2.75, 3.05) is 0 Å². The average Bonchev–Trinajstić information content (AvgIpc) is 3.05. The minimum absolute atomic E-state index is 0.557. The number of fused-ring (bicyclic) bond motifs is 1. The molecule has 0 fully saturated rings. The highest BCUT2D eigenvalue weighted by Gasteiger charge is 2.11. The van der Waals surface area contributed by atoms with Crippen molar-refractivity contribution in [1.82, 2.24) is 24.3 Å². The summed E-state index contributed by atoms with van der Waals surface area (Å²) in [5.74, 6) is 0.867. The van der Waals surface area contributed by atoms with Crippen LogP contribution in [0.15, 0.2) is 30.9 Å². The van der Waals surface area contributed by atoms with Crippen LogP contribution >= 0.6 is 0 Å². The molecule has 3 rings (SSSR count). The summed E-state index contributed by atoms with van der Waals surface area (Å²) in [6, 6.07) is 3.73. The molecule has 0 radical (unpaired) electrons. The Bertz CT molecular complexity index is 743. The Morgan fingerprint density at radius 3 is 3.05 bits per heavy atom. The van der Waals surface area contributed by atoms with Crippen LogP contribution < -0.4 is 0 Å². The number of carbonyl (C=O) groups is 1. The number of pyridine rings is 1. The first kappa shape index (κ1) is 12.5. The molecule has 0 aliphatic rings. The van der Waals surface area contributed by atoms with E-state index in [1.165, 1.54) is 0 Å². The fourth-order valence-electron chi connectivity index (χ4n) is 2.33. The van der Waals surface area contributed by atoms with E-state index < -0.39 is 0 Å². The molecule has 0 aliphatic carbocycles. The Hall–Kier alpha value is -2.50. The van der Waals surface area contributed by atoms with Gasteiger partial charge in [0.2, 0.25) is 0 Å². The van der Waals surface area contributed by atoms with Gasteiger partial charge in [-0.2, -0.15) is 5.10 Å². The molecular weight excluding hydrogens is 254 g/mol. The first-order valence-electron chi connectivity index (χ1n) is 6.59. The smallest absolute Gasteiger partial charge is 0.152 e. The Morgan fingerprint density at radius 1 is 1.35 bits per heavy atom. The molecule has 3 aromatic heterocycles. The van der Waals surface area contributed by atoms with Gasteiger partial charge in [0, 0.05) is 29.9 Å². The Labute approximate surface area is 116 Å². The summed E-state index contributed by atoms with van der Waals surface area (Å²) in [6.45, 7) is 3.49. The van der Waals surface area contributed by atoms with Crippen molar-refractivity contribution in [3.8, 4) is 0 Å². The third-order valence-electron chi connectivity index (χ3n) is 3.23. The van der Waals surface area contributed by atoms with Gasteiger partial charge < -0.3 is 4.57 Å². The molecule has 6 heteroatoms. The molecule has 0 saturated heterocycles. The molecule has 20 heavy (non-hydrogen) atoms. The minimum atomic E-state index is 0.557. The van der Waals surface area contributed by atoms with E-state index in [-0.39, 0.29) is 0 Å². The number of aldehydes is 1. The van der Waals surface area contributed by atoms with Gasteiger partial charge in [0.25, 0.3) is 0 Å². The maximum absolute atomic E-state index is 11.1. The van der Waals surface area contributed by atoms with Crippen molar-refractivity contribution in [2.45, 2.75) is 26.4 Å². The minimum Gasteiger partial charge on any atom is -0.324 e. The summed E-state index contributed by atoms with van der Waals surface area (Å²) in [5, 5.41) is 5.08. The summed E-state index contributed by atoms with van der Waals surface area (Å²) in [5.41, 5.74) is 1.44. The van der Waals surface area contributed by atoms with E-state index in [4.69, 9.17) is 0 Å². The van der Waals surface area contributed by atoms with E-state index in [1.54, 1.807) is 12.5 Å². The van der Waals surface area contributed by atoms with Gasteiger partial charge in [0.05, 0.1) is 6.54 Å². The first-order chi connectivity index (χ1) is 9.83. The zero-order chi connectivity index (χ0) is 13.9. The maximum Gasteiger partial charge on any atom is 0.152 e. The molecular formula is C14H15N5O. The van der Waals surface area contributed by atoms with Gasteiger partial charge in [-0.25, -0.2) is 14.6 Å². The lowest BCUT2D eigenvalue weighted by molar-refractivity contribution is 0.112. The summed E-state index contributed by atoms with van der Waals surface area (Å²) in [7, 11) is 0. The molecule has 0 spiro atoms. The maximum atomic E-state index is 11.1. The van der Waals surface area contributed by atoms with Gasteiger partial charge in [-0.3, -0.25) is 4.79 Å². The normalized spacial score (nSPS) is 11.1. The highest BCUT2D eigenvalue weighted by molar-refractivity contribution is 5.95. The van der Waals surface area contributed by atoms with Crippen molar-refractivity contribution >= 4 is 17.3 Å². The predicted molar refractivity (Wildman–Crippen MR) is 74.5 cm³/mol. The lowest BCUT2D eigenvalue weighted by atomic mass is 10.2. The number of aryl methyl sites for hydroxylation is 1. The first-order valence-corrected chi connectivity index (χ1v) is 6.59. The zero-order valence-electron chi connectivity index (χ0n) is 11.2. The number of rotatable bonds is 5. The monoisotopic (exact) mass is 269 g/mol. The van der Waals surface area contributed by atoms with Crippen LogP contribution in [0.5, 0.6) is 0 Å². The lowest BCUT2D eigenvalue weighted by Gasteiger charge is -2.06. The molecule has 6 nitrogen and oxygen atoms in total. The standard InChI is InChI=1S/C14H15N5O/c1-2-6-19-13(16-10-17-19)8-18-7-11(9-20)12-4-3-5-15-14(12)18/h3-5,7,9-10H,2,6,8H2,1H3. The number of hydrogen-bond donors (Lipinski definition) is 0. The topological polar surface area (TPSA) is 65.6 Å². The highest BCUT2D eigenvalue weighted by atomic mass is 16.1. The molecule has 0 bridgehead atoms. The second kappa shape index (κ2) is 5.24. The number of carbonyl (C=O) groups excluding carboxylic acids is 1. The van der Waals surface area contributed by atoms with E-state index >= 15 is 0 Å². The van der Waals surface area contributed by atoms with Crippen molar-refractivity contribution in [2.24, 2.45) is 0 Å². The summed E-state index contributed by atoms with van der Waals surface area (Å²) < 4.78 is 3.82.